The Labute approximate surface area is 163 Å². The molecule has 138 valence electrons. The molecular weight excluding hydrogens is 362 g/mol. The van der Waals surface area contributed by atoms with Gasteiger partial charge in [-0.05, 0) is 37.5 Å². The Morgan fingerprint density at radius 1 is 1.26 bits per heavy atom. The van der Waals surface area contributed by atoms with Crippen LogP contribution in [0.15, 0.2) is 53.1 Å². The third kappa shape index (κ3) is 3.74. The van der Waals surface area contributed by atoms with E-state index < -0.39 is 0 Å². The number of halogens is 1. The molecule has 5 nitrogen and oxygen atoms in total. The molecule has 6 heteroatoms. The largest absolute Gasteiger partial charge is 0.337 e. The van der Waals surface area contributed by atoms with Gasteiger partial charge < -0.3 is 9.42 Å². The van der Waals surface area contributed by atoms with Crippen molar-refractivity contribution in [1.29, 1.82) is 0 Å². The highest BCUT2D eigenvalue weighted by Crippen LogP contribution is 2.33. The molecule has 2 heterocycles. The van der Waals surface area contributed by atoms with Gasteiger partial charge >= 0.3 is 0 Å². The molecule has 1 amide bonds. The van der Waals surface area contributed by atoms with Crippen LogP contribution < -0.4 is 0 Å². The summed E-state index contributed by atoms with van der Waals surface area (Å²) in [7, 11) is 0. The van der Waals surface area contributed by atoms with Gasteiger partial charge in [-0.2, -0.15) is 4.98 Å². The number of likely N-dealkylation sites (tertiary alicyclic amines) is 1. The second kappa shape index (κ2) is 7.53. The second-order valence-electron chi connectivity index (χ2n) is 6.85. The predicted octanol–water partition coefficient (Wildman–Crippen LogP) is 4.60. The van der Waals surface area contributed by atoms with Crippen molar-refractivity contribution in [2.45, 2.75) is 32.2 Å². The van der Waals surface area contributed by atoms with E-state index in [4.69, 9.17) is 16.1 Å². The summed E-state index contributed by atoms with van der Waals surface area (Å²) in [6.07, 6.45) is 2.13. The molecule has 0 saturated carbocycles. The van der Waals surface area contributed by atoms with Gasteiger partial charge in [0.25, 0.3) is 0 Å². The first-order valence-electron chi connectivity index (χ1n) is 9.05. The van der Waals surface area contributed by atoms with Crippen molar-refractivity contribution in [1.82, 2.24) is 15.0 Å². The average Bonchev–Trinajstić information content (AvgIpc) is 3.31. The zero-order valence-corrected chi connectivity index (χ0v) is 15.8. The van der Waals surface area contributed by atoms with Crippen molar-refractivity contribution in [3.63, 3.8) is 0 Å². The molecule has 1 saturated heterocycles. The van der Waals surface area contributed by atoms with Crippen molar-refractivity contribution in [2.24, 2.45) is 0 Å². The summed E-state index contributed by atoms with van der Waals surface area (Å²) in [6, 6.07) is 15.2. The topological polar surface area (TPSA) is 59.2 Å². The van der Waals surface area contributed by atoms with Crippen LogP contribution in [0.1, 0.15) is 35.9 Å². The Morgan fingerprint density at radius 2 is 2.11 bits per heavy atom. The smallest absolute Gasteiger partial charge is 0.249 e. The maximum atomic E-state index is 12.9. The van der Waals surface area contributed by atoms with E-state index in [0.29, 0.717) is 29.7 Å². The normalized spacial score (nSPS) is 16.7. The lowest BCUT2D eigenvalue weighted by molar-refractivity contribution is -0.131. The maximum Gasteiger partial charge on any atom is 0.249 e. The fraction of sp³-hybridized carbons (Fsp3) is 0.286. The minimum Gasteiger partial charge on any atom is -0.337 e. The standard InChI is InChI=1S/C21H20ClN3O2/c1-14-6-4-7-15(12-14)13-19(26)25-11-5-10-18(25)21-23-20(24-27-21)16-8-2-3-9-17(16)22/h2-4,6-9,12,18H,5,10-11,13H2,1H3/t18-/m1/s1. The minimum atomic E-state index is -0.175. The zero-order valence-electron chi connectivity index (χ0n) is 15.1. The number of carbonyl (C=O) groups excluding carboxylic acids is 1. The lowest BCUT2D eigenvalue weighted by atomic mass is 10.1. The van der Waals surface area contributed by atoms with Gasteiger partial charge in [-0.15, -0.1) is 0 Å². The molecule has 1 atom stereocenters. The van der Waals surface area contributed by atoms with Gasteiger partial charge in [0.2, 0.25) is 17.6 Å². The van der Waals surface area contributed by atoms with Crippen LogP contribution in [0.25, 0.3) is 11.4 Å². The van der Waals surface area contributed by atoms with E-state index in [1.54, 1.807) is 6.07 Å². The number of hydrogen-bond acceptors (Lipinski definition) is 4. The van der Waals surface area contributed by atoms with Crippen molar-refractivity contribution < 1.29 is 9.32 Å². The summed E-state index contributed by atoms with van der Waals surface area (Å²) in [4.78, 5) is 19.2. The Bertz CT molecular complexity index is 969. The quantitative estimate of drug-likeness (QED) is 0.662. The molecule has 27 heavy (non-hydrogen) atoms. The summed E-state index contributed by atoms with van der Waals surface area (Å²) in [6.45, 7) is 2.74. The number of rotatable bonds is 4. The lowest BCUT2D eigenvalue weighted by Crippen LogP contribution is -2.32. The number of carbonyl (C=O) groups is 1. The fourth-order valence-corrected chi connectivity index (χ4v) is 3.76. The molecule has 4 rings (SSSR count). The van der Waals surface area contributed by atoms with Crippen LogP contribution in [0, 0.1) is 6.92 Å². The number of amides is 1. The Hall–Kier alpha value is -2.66. The molecule has 1 fully saturated rings. The van der Waals surface area contributed by atoms with E-state index in [-0.39, 0.29) is 11.9 Å². The molecule has 0 unspecified atom stereocenters. The van der Waals surface area contributed by atoms with Crippen molar-refractivity contribution in [2.75, 3.05) is 6.54 Å². The van der Waals surface area contributed by atoms with E-state index in [9.17, 15) is 4.79 Å². The highest BCUT2D eigenvalue weighted by atomic mass is 35.5. The molecule has 1 aliphatic heterocycles. The van der Waals surface area contributed by atoms with Crippen LogP contribution in [0.4, 0.5) is 0 Å². The first-order valence-corrected chi connectivity index (χ1v) is 9.43. The Kier molecular flexibility index (Phi) is 4.94. The fourth-order valence-electron chi connectivity index (χ4n) is 3.54. The summed E-state index contributed by atoms with van der Waals surface area (Å²) < 4.78 is 5.49. The van der Waals surface area contributed by atoms with Crippen LogP contribution in [0.2, 0.25) is 5.02 Å². The maximum absolute atomic E-state index is 12.9. The third-order valence-corrected chi connectivity index (χ3v) is 5.18. The summed E-state index contributed by atoms with van der Waals surface area (Å²) in [5.74, 6) is 1.01. The Balaban J connectivity index is 1.53. The highest BCUT2D eigenvalue weighted by molar-refractivity contribution is 6.33. The van der Waals surface area contributed by atoms with Gasteiger partial charge in [-0.3, -0.25) is 4.79 Å². The van der Waals surface area contributed by atoms with Crippen LogP contribution in [-0.4, -0.2) is 27.5 Å². The van der Waals surface area contributed by atoms with E-state index in [1.165, 1.54) is 0 Å². The van der Waals surface area contributed by atoms with Gasteiger partial charge in [0, 0.05) is 12.1 Å². The third-order valence-electron chi connectivity index (χ3n) is 4.85. The SMILES string of the molecule is Cc1cccc(CC(=O)N2CCC[C@@H]2c2nc(-c3ccccc3Cl)no2)c1. The van der Waals surface area contributed by atoms with Crippen LogP contribution >= 0.6 is 11.6 Å². The molecule has 1 aromatic heterocycles. The van der Waals surface area contributed by atoms with E-state index >= 15 is 0 Å². The Morgan fingerprint density at radius 3 is 2.93 bits per heavy atom. The van der Waals surface area contributed by atoms with Gasteiger partial charge in [-0.1, -0.05) is 58.7 Å². The zero-order chi connectivity index (χ0) is 18.8. The first-order chi connectivity index (χ1) is 13.1. The second-order valence-corrected chi connectivity index (χ2v) is 7.25. The molecule has 0 aliphatic carbocycles. The molecule has 2 aromatic carbocycles. The van der Waals surface area contributed by atoms with Crippen molar-refractivity contribution in [3.05, 3.63) is 70.6 Å². The highest BCUT2D eigenvalue weighted by Gasteiger charge is 2.34. The van der Waals surface area contributed by atoms with Gasteiger partial charge in [0.05, 0.1) is 11.4 Å². The van der Waals surface area contributed by atoms with Gasteiger partial charge in [-0.25, -0.2) is 0 Å². The van der Waals surface area contributed by atoms with E-state index in [2.05, 4.69) is 10.1 Å². The molecule has 1 aliphatic rings. The molecular formula is C21H20ClN3O2. The molecule has 3 aromatic rings. The summed E-state index contributed by atoms with van der Waals surface area (Å²) >= 11 is 6.22. The van der Waals surface area contributed by atoms with Crippen LogP contribution in [-0.2, 0) is 11.2 Å². The molecule has 0 bridgehead atoms. The molecule has 0 spiro atoms. The van der Waals surface area contributed by atoms with Gasteiger partial charge in [0.15, 0.2) is 0 Å². The summed E-state index contributed by atoms with van der Waals surface area (Å²) in [5, 5.41) is 4.65. The monoisotopic (exact) mass is 381 g/mol. The van der Waals surface area contributed by atoms with Crippen molar-refractivity contribution in [3.8, 4) is 11.4 Å². The minimum absolute atomic E-state index is 0.0839. The predicted molar refractivity (Wildman–Crippen MR) is 103 cm³/mol. The molecule has 0 N–H and O–H groups in total. The number of aromatic nitrogens is 2. The lowest BCUT2D eigenvalue weighted by Gasteiger charge is -2.22. The van der Waals surface area contributed by atoms with E-state index in [0.717, 1.165) is 29.5 Å². The number of nitrogens with zero attached hydrogens (tertiary/aromatic N) is 3. The molecule has 0 radical (unpaired) electrons. The number of aryl methyl sites for hydroxylation is 1. The van der Waals surface area contributed by atoms with Crippen LogP contribution in [0.5, 0.6) is 0 Å². The van der Waals surface area contributed by atoms with Gasteiger partial charge in [0.1, 0.15) is 6.04 Å². The van der Waals surface area contributed by atoms with E-state index in [1.807, 2.05) is 54.3 Å². The van der Waals surface area contributed by atoms with Crippen molar-refractivity contribution >= 4 is 17.5 Å². The number of hydrogen-bond donors (Lipinski definition) is 0. The summed E-state index contributed by atoms with van der Waals surface area (Å²) in [5.41, 5.74) is 2.90. The number of benzene rings is 2. The average molecular weight is 382 g/mol. The van der Waals surface area contributed by atoms with Crippen LogP contribution in [0.3, 0.4) is 0 Å². The first kappa shape index (κ1) is 17.7.